The van der Waals surface area contributed by atoms with Gasteiger partial charge in [-0.3, -0.25) is 0 Å². The van der Waals surface area contributed by atoms with Crippen molar-refractivity contribution in [2.75, 3.05) is 5.88 Å². The molecule has 0 aliphatic rings. The summed E-state index contributed by atoms with van der Waals surface area (Å²) in [4.78, 5) is 12.0. The number of nitrogens with two attached hydrogens (primary N) is 1. The van der Waals surface area contributed by atoms with Crippen LogP contribution in [0, 0.1) is 0 Å². The average Bonchev–Trinajstić information content (AvgIpc) is 2.92. The van der Waals surface area contributed by atoms with E-state index < -0.39 is 0 Å². The normalized spacial score (nSPS) is 12.0. The highest BCUT2D eigenvalue weighted by molar-refractivity contribution is 6.33. The van der Waals surface area contributed by atoms with Gasteiger partial charge < -0.3 is 10.7 Å². The molecule has 0 aliphatic carbocycles. The number of H-pyrrole nitrogens is 1. The maximum absolute atomic E-state index is 6.26. The first-order valence-electron chi connectivity index (χ1n) is 6.31. The molecule has 0 saturated carbocycles. The number of imidazole rings is 1. The largest absolute Gasteiger partial charge is 0.386 e. The van der Waals surface area contributed by atoms with Gasteiger partial charge in [0.2, 0.25) is 0 Å². The summed E-state index contributed by atoms with van der Waals surface area (Å²) < 4.78 is 0. The third-order valence-electron chi connectivity index (χ3n) is 3.00. The number of aromatic amines is 1. The molecule has 0 unspecified atom stereocenters. The van der Waals surface area contributed by atoms with Crippen molar-refractivity contribution in [1.29, 1.82) is 0 Å². The molecule has 3 rings (SSSR count). The van der Waals surface area contributed by atoms with Crippen LogP contribution in [0.25, 0.3) is 22.4 Å². The van der Waals surface area contributed by atoms with E-state index in [0.29, 0.717) is 22.4 Å². The lowest BCUT2D eigenvalue weighted by atomic mass is 10.2. The molecule has 1 aromatic heterocycles. The van der Waals surface area contributed by atoms with Crippen molar-refractivity contribution in [3.63, 3.8) is 0 Å². The molecule has 0 radical (unpaired) electrons. The molecule has 2 aromatic carbocycles. The molecule has 3 aromatic rings. The molecule has 0 amide bonds. The van der Waals surface area contributed by atoms with Crippen molar-refractivity contribution in [2.24, 2.45) is 10.7 Å². The Labute approximate surface area is 131 Å². The van der Waals surface area contributed by atoms with Gasteiger partial charge >= 0.3 is 0 Å². The van der Waals surface area contributed by atoms with Crippen LogP contribution in [0.4, 0.5) is 5.69 Å². The smallest absolute Gasteiger partial charge is 0.140 e. The molecule has 21 heavy (non-hydrogen) atoms. The predicted molar refractivity (Wildman–Crippen MR) is 88.5 cm³/mol. The maximum atomic E-state index is 6.26. The summed E-state index contributed by atoms with van der Waals surface area (Å²) in [5, 5.41) is 0.595. The van der Waals surface area contributed by atoms with Crippen LogP contribution in [0.1, 0.15) is 0 Å². The summed E-state index contributed by atoms with van der Waals surface area (Å²) in [6.45, 7) is 0. The number of alkyl halides is 1. The number of aromatic nitrogens is 2. The Morgan fingerprint density at radius 3 is 2.81 bits per heavy atom. The van der Waals surface area contributed by atoms with Crippen molar-refractivity contribution in [3.05, 3.63) is 47.5 Å². The van der Waals surface area contributed by atoms with Gasteiger partial charge in [0.15, 0.2) is 0 Å². The second kappa shape index (κ2) is 5.76. The Bertz CT molecular complexity index is 790. The summed E-state index contributed by atoms with van der Waals surface area (Å²) in [5.41, 5.74) is 8.96. The van der Waals surface area contributed by atoms with E-state index in [-0.39, 0.29) is 5.88 Å². The van der Waals surface area contributed by atoms with Crippen molar-refractivity contribution in [3.8, 4) is 11.4 Å². The number of hydrogen-bond acceptors (Lipinski definition) is 2. The van der Waals surface area contributed by atoms with Crippen LogP contribution in [-0.4, -0.2) is 21.7 Å². The number of aliphatic imine (C=N–C) groups is 1. The van der Waals surface area contributed by atoms with E-state index in [2.05, 4.69) is 15.0 Å². The minimum atomic E-state index is 0.183. The van der Waals surface area contributed by atoms with Gasteiger partial charge in [0.05, 0.1) is 27.6 Å². The van der Waals surface area contributed by atoms with Crippen LogP contribution in [0.15, 0.2) is 47.5 Å². The zero-order chi connectivity index (χ0) is 14.8. The van der Waals surface area contributed by atoms with E-state index in [1.54, 1.807) is 12.1 Å². The molecule has 0 atom stereocenters. The van der Waals surface area contributed by atoms with Gasteiger partial charge in [-0.2, -0.15) is 0 Å². The summed E-state index contributed by atoms with van der Waals surface area (Å²) in [7, 11) is 0. The van der Waals surface area contributed by atoms with Gasteiger partial charge in [-0.25, -0.2) is 9.98 Å². The van der Waals surface area contributed by atoms with E-state index in [4.69, 9.17) is 28.9 Å². The number of amidine groups is 1. The number of benzene rings is 2. The average molecular weight is 319 g/mol. The molecule has 0 aliphatic heterocycles. The number of hydrogen-bond donors (Lipinski definition) is 2. The summed E-state index contributed by atoms with van der Waals surface area (Å²) in [6, 6.07) is 13.2. The topological polar surface area (TPSA) is 67.1 Å². The fraction of sp³-hybridized carbons (Fsp3) is 0.0667. The molecule has 0 bridgehead atoms. The van der Waals surface area contributed by atoms with E-state index >= 15 is 0 Å². The summed E-state index contributed by atoms with van der Waals surface area (Å²) in [5.74, 6) is 1.24. The van der Waals surface area contributed by atoms with Crippen LogP contribution in [0.3, 0.4) is 0 Å². The number of nitrogens with zero attached hydrogens (tertiary/aromatic N) is 2. The number of fused-ring (bicyclic) bond motifs is 1. The number of para-hydroxylation sites is 2. The highest BCUT2D eigenvalue weighted by Crippen LogP contribution is 2.31. The Hall–Kier alpha value is -2.04. The first kappa shape index (κ1) is 13.9. The van der Waals surface area contributed by atoms with E-state index in [1.807, 2.05) is 30.3 Å². The van der Waals surface area contributed by atoms with Gasteiger partial charge in [-0.15, -0.1) is 11.6 Å². The van der Waals surface area contributed by atoms with Gasteiger partial charge in [0.1, 0.15) is 11.7 Å². The SMILES string of the molecule is NC(CCl)=Nc1ccc(Cl)c(-c2nc3ccccc3[nH]2)c1. The number of rotatable bonds is 3. The van der Waals surface area contributed by atoms with E-state index in [0.717, 1.165) is 16.6 Å². The van der Waals surface area contributed by atoms with Crippen molar-refractivity contribution in [2.45, 2.75) is 0 Å². The zero-order valence-electron chi connectivity index (χ0n) is 11.0. The molecular weight excluding hydrogens is 307 g/mol. The fourth-order valence-electron chi connectivity index (χ4n) is 2.04. The molecule has 1 heterocycles. The van der Waals surface area contributed by atoms with Gasteiger partial charge in [-0.1, -0.05) is 23.7 Å². The molecule has 6 heteroatoms. The quantitative estimate of drug-likeness (QED) is 0.433. The van der Waals surface area contributed by atoms with Crippen LogP contribution < -0.4 is 5.73 Å². The lowest BCUT2D eigenvalue weighted by molar-refractivity contribution is 1.33. The maximum Gasteiger partial charge on any atom is 0.140 e. The van der Waals surface area contributed by atoms with Crippen LogP contribution in [0.5, 0.6) is 0 Å². The second-order valence-electron chi connectivity index (χ2n) is 4.50. The highest BCUT2D eigenvalue weighted by atomic mass is 35.5. The molecule has 4 nitrogen and oxygen atoms in total. The third-order valence-corrected chi connectivity index (χ3v) is 3.61. The van der Waals surface area contributed by atoms with E-state index in [1.165, 1.54) is 0 Å². The highest BCUT2D eigenvalue weighted by Gasteiger charge is 2.10. The first-order chi connectivity index (χ1) is 10.2. The zero-order valence-corrected chi connectivity index (χ0v) is 12.5. The molecule has 0 fully saturated rings. The Morgan fingerprint density at radius 2 is 2.05 bits per heavy atom. The minimum absolute atomic E-state index is 0.183. The second-order valence-corrected chi connectivity index (χ2v) is 5.18. The fourth-order valence-corrected chi connectivity index (χ4v) is 2.31. The molecule has 3 N–H and O–H groups in total. The third kappa shape index (κ3) is 2.86. The Morgan fingerprint density at radius 1 is 1.24 bits per heavy atom. The van der Waals surface area contributed by atoms with Crippen LogP contribution in [-0.2, 0) is 0 Å². The van der Waals surface area contributed by atoms with Crippen molar-refractivity contribution < 1.29 is 0 Å². The van der Waals surface area contributed by atoms with Gasteiger partial charge in [0.25, 0.3) is 0 Å². The lowest BCUT2D eigenvalue weighted by Crippen LogP contribution is -2.12. The van der Waals surface area contributed by atoms with Gasteiger partial charge in [-0.05, 0) is 30.3 Å². The Balaban J connectivity index is 2.10. The molecule has 0 saturated heterocycles. The number of nitrogens with one attached hydrogen (secondary N) is 1. The molecule has 0 spiro atoms. The first-order valence-corrected chi connectivity index (χ1v) is 7.22. The van der Waals surface area contributed by atoms with Crippen LogP contribution >= 0.6 is 23.2 Å². The standard InChI is InChI=1S/C15H12Cl2N4/c16-8-14(18)19-9-5-6-11(17)10(7-9)15-20-12-3-1-2-4-13(12)21-15/h1-7H,8H2,(H2,18,19)(H,20,21). The van der Waals surface area contributed by atoms with Crippen LogP contribution in [0.2, 0.25) is 5.02 Å². The summed E-state index contributed by atoms with van der Waals surface area (Å²) in [6.07, 6.45) is 0. The summed E-state index contributed by atoms with van der Waals surface area (Å²) >= 11 is 11.9. The Kier molecular flexibility index (Phi) is 3.82. The van der Waals surface area contributed by atoms with Crippen molar-refractivity contribution >= 4 is 45.8 Å². The van der Waals surface area contributed by atoms with E-state index in [9.17, 15) is 0 Å². The molecular formula is C15H12Cl2N4. The van der Waals surface area contributed by atoms with Gasteiger partial charge in [0, 0.05) is 5.56 Å². The monoisotopic (exact) mass is 318 g/mol. The predicted octanol–water partition coefficient (Wildman–Crippen LogP) is 4.11. The van der Waals surface area contributed by atoms with Crippen molar-refractivity contribution in [1.82, 2.24) is 9.97 Å². The molecule has 106 valence electrons. The lowest BCUT2D eigenvalue weighted by Gasteiger charge is -2.03. The minimum Gasteiger partial charge on any atom is -0.386 e. The number of halogens is 2.